The zero-order valence-electron chi connectivity index (χ0n) is 16.5. The monoisotopic (exact) mass is 400 g/mol. The van der Waals surface area contributed by atoms with Gasteiger partial charge in [-0.25, -0.2) is 4.68 Å². The van der Waals surface area contributed by atoms with Crippen LogP contribution in [0.5, 0.6) is 5.75 Å². The van der Waals surface area contributed by atoms with Crippen molar-refractivity contribution in [3.8, 4) is 11.8 Å². The highest BCUT2D eigenvalue weighted by Gasteiger charge is 2.22. The molecule has 0 radical (unpaired) electrons. The summed E-state index contributed by atoms with van der Waals surface area (Å²) in [6.45, 7) is 2.42. The molecule has 0 saturated heterocycles. The zero-order valence-corrected chi connectivity index (χ0v) is 16.5. The number of aromatic nitrogens is 2. The minimum atomic E-state index is -0.393. The van der Waals surface area contributed by atoms with E-state index in [4.69, 9.17) is 14.4 Å². The standard InChI is InChI=1S/C23H20N4O3/c1-16-14-21(27(26-16)13-7-12-24)25-23(28)22-19(15-29-17-8-3-2-4-9-17)18-10-5-6-11-20(18)30-22/h2-6,8-11,14H,7,13,15H2,1H3,(H,25,28). The third kappa shape index (κ3) is 4.03. The van der Waals surface area contributed by atoms with Crippen molar-refractivity contribution in [3.05, 3.63) is 77.7 Å². The van der Waals surface area contributed by atoms with Gasteiger partial charge < -0.3 is 14.5 Å². The first kappa shape index (κ1) is 19.3. The number of hydrogen-bond donors (Lipinski definition) is 1. The van der Waals surface area contributed by atoms with E-state index >= 15 is 0 Å². The molecule has 150 valence electrons. The van der Waals surface area contributed by atoms with Gasteiger partial charge in [0.25, 0.3) is 5.91 Å². The summed E-state index contributed by atoms with van der Waals surface area (Å²) in [4.78, 5) is 13.1. The lowest BCUT2D eigenvalue weighted by atomic mass is 10.1. The largest absolute Gasteiger partial charge is 0.489 e. The number of nitrogens with zero attached hydrogens (tertiary/aromatic N) is 3. The van der Waals surface area contributed by atoms with Crippen molar-refractivity contribution in [3.63, 3.8) is 0 Å². The van der Waals surface area contributed by atoms with Crippen LogP contribution in [0, 0.1) is 18.3 Å². The molecule has 7 nitrogen and oxygen atoms in total. The Morgan fingerprint density at radius 3 is 2.77 bits per heavy atom. The summed E-state index contributed by atoms with van der Waals surface area (Å²) in [6.07, 6.45) is 0.296. The van der Waals surface area contributed by atoms with Crippen LogP contribution in [-0.4, -0.2) is 15.7 Å². The minimum absolute atomic E-state index is 0.191. The number of carbonyl (C=O) groups is 1. The number of aryl methyl sites for hydroxylation is 2. The van der Waals surface area contributed by atoms with E-state index in [2.05, 4.69) is 16.5 Å². The first-order valence-electron chi connectivity index (χ1n) is 9.56. The number of nitriles is 1. The third-order valence-corrected chi connectivity index (χ3v) is 4.61. The molecule has 30 heavy (non-hydrogen) atoms. The Morgan fingerprint density at radius 2 is 1.97 bits per heavy atom. The van der Waals surface area contributed by atoms with Gasteiger partial charge in [0.2, 0.25) is 0 Å². The molecule has 0 bridgehead atoms. The van der Waals surface area contributed by atoms with E-state index in [1.54, 1.807) is 10.7 Å². The number of carbonyl (C=O) groups excluding carboxylic acids is 1. The first-order valence-corrected chi connectivity index (χ1v) is 9.56. The molecule has 7 heteroatoms. The summed E-state index contributed by atoms with van der Waals surface area (Å²) < 4.78 is 13.4. The van der Waals surface area contributed by atoms with Gasteiger partial charge in [-0.15, -0.1) is 0 Å². The van der Waals surface area contributed by atoms with Crippen molar-refractivity contribution < 1.29 is 13.9 Å². The molecule has 0 saturated carbocycles. The van der Waals surface area contributed by atoms with Crippen molar-refractivity contribution in [1.82, 2.24) is 9.78 Å². The van der Waals surface area contributed by atoms with Crippen molar-refractivity contribution in [2.75, 3.05) is 5.32 Å². The summed E-state index contributed by atoms with van der Waals surface area (Å²) in [6, 6.07) is 20.7. The van der Waals surface area contributed by atoms with Crippen LogP contribution in [0.4, 0.5) is 5.82 Å². The highest BCUT2D eigenvalue weighted by Crippen LogP contribution is 2.28. The van der Waals surface area contributed by atoms with Crippen LogP contribution in [0.3, 0.4) is 0 Å². The molecule has 4 aromatic rings. The van der Waals surface area contributed by atoms with Crippen LogP contribution in [0.15, 0.2) is 65.1 Å². The van der Waals surface area contributed by atoms with Crippen molar-refractivity contribution in [1.29, 1.82) is 5.26 Å². The molecule has 0 fully saturated rings. The Hall–Kier alpha value is -4.05. The zero-order chi connectivity index (χ0) is 20.9. The summed E-state index contributed by atoms with van der Waals surface area (Å²) in [5.41, 5.74) is 2.04. The molecule has 1 N–H and O–H groups in total. The fourth-order valence-corrected chi connectivity index (χ4v) is 3.24. The molecule has 2 heterocycles. The molecule has 0 aliphatic carbocycles. The average molecular weight is 400 g/mol. The van der Waals surface area contributed by atoms with Crippen LogP contribution in [-0.2, 0) is 13.2 Å². The maximum atomic E-state index is 13.1. The fraction of sp³-hybridized carbons (Fsp3) is 0.174. The molecule has 0 spiro atoms. The molecule has 1 amide bonds. The number of ether oxygens (including phenoxy) is 1. The number of benzene rings is 2. The molecular formula is C23H20N4O3. The summed E-state index contributed by atoms with van der Waals surface area (Å²) in [7, 11) is 0. The maximum Gasteiger partial charge on any atom is 0.292 e. The van der Waals surface area contributed by atoms with Gasteiger partial charge in [-0.2, -0.15) is 10.4 Å². The van der Waals surface area contributed by atoms with E-state index in [0.29, 0.717) is 35.7 Å². The number of amides is 1. The summed E-state index contributed by atoms with van der Waals surface area (Å²) in [5.74, 6) is 1.02. The van der Waals surface area contributed by atoms with E-state index in [9.17, 15) is 4.79 Å². The Labute approximate surface area is 173 Å². The van der Waals surface area contributed by atoms with Crippen molar-refractivity contribution in [2.45, 2.75) is 26.5 Å². The second kappa shape index (κ2) is 8.53. The molecular weight excluding hydrogens is 380 g/mol. The van der Waals surface area contributed by atoms with E-state index < -0.39 is 5.91 Å². The Kier molecular flexibility index (Phi) is 5.48. The number of furan rings is 1. The molecule has 0 aliphatic rings. The summed E-state index contributed by atoms with van der Waals surface area (Å²) >= 11 is 0. The van der Waals surface area contributed by atoms with Crippen LogP contribution in [0.25, 0.3) is 11.0 Å². The number of fused-ring (bicyclic) bond motifs is 1. The first-order chi connectivity index (χ1) is 14.7. The Morgan fingerprint density at radius 1 is 1.20 bits per heavy atom. The molecule has 0 aliphatic heterocycles. The number of para-hydroxylation sites is 2. The van der Waals surface area contributed by atoms with Gasteiger partial charge in [-0.05, 0) is 25.1 Å². The van der Waals surface area contributed by atoms with Crippen molar-refractivity contribution in [2.24, 2.45) is 0 Å². The quantitative estimate of drug-likeness (QED) is 0.486. The maximum absolute atomic E-state index is 13.1. The molecule has 2 aromatic carbocycles. The van der Waals surface area contributed by atoms with E-state index in [1.807, 2.05) is 61.5 Å². The Bertz CT molecular complexity index is 1220. The van der Waals surface area contributed by atoms with Gasteiger partial charge in [0, 0.05) is 17.0 Å². The molecule has 2 aromatic heterocycles. The molecule has 0 unspecified atom stereocenters. The van der Waals surface area contributed by atoms with E-state index in [-0.39, 0.29) is 12.4 Å². The van der Waals surface area contributed by atoms with Gasteiger partial charge in [-0.3, -0.25) is 4.79 Å². The fourth-order valence-electron chi connectivity index (χ4n) is 3.24. The number of nitrogens with one attached hydrogen (secondary N) is 1. The number of rotatable bonds is 7. The van der Waals surface area contributed by atoms with Crippen LogP contribution < -0.4 is 10.1 Å². The van der Waals surface area contributed by atoms with Gasteiger partial charge >= 0.3 is 0 Å². The summed E-state index contributed by atoms with van der Waals surface area (Å²) in [5, 5.41) is 16.9. The van der Waals surface area contributed by atoms with E-state index in [0.717, 1.165) is 11.1 Å². The lowest BCUT2D eigenvalue weighted by Crippen LogP contribution is -2.17. The average Bonchev–Trinajstić information content (AvgIpc) is 3.31. The number of anilines is 1. The van der Waals surface area contributed by atoms with Gasteiger partial charge in [0.05, 0.1) is 24.7 Å². The second-order valence-electron chi connectivity index (χ2n) is 6.76. The highest BCUT2D eigenvalue weighted by molar-refractivity contribution is 6.06. The van der Waals surface area contributed by atoms with Gasteiger partial charge in [-0.1, -0.05) is 36.4 Å². The lowest BCUT2D eigenvalue weighted by Gasteiger charge is -2.09. The Balaban J connectivity index is 1.63. The molecule has 0 atom stereocenters. The topological polar surface area (TPSA) is 93.1 Å². The smallest absolute Gasteiger partial charge is 0.292 e. The normalized spacial score (nSPS) is 10.7. The lowest BCUT2D eigenvalue weighted by molar-refractivity contribution is 0.0994. The third-order valence-electron chi connectivity index (χ3n) is 4.61. The minimum Gasteiger partial charge on any atom is -0.489 e. The van der Waals surface area contributed by atoms with E-state index in [1.165, 1.54) is 0 Å². The predicted molar refractivity (Wildman–Crippen MR) is 112 cm³/mol. The number of hydrogen-bond acceptors (Lipinski definition) is 5. The predicted octanol–water partition coefficient (Wildman–Crippen LogP) is 4.68. The molecule has 4 rings (SSSR count). The van der Waals surface area contributed by atoms with Crippen LogP contribution >= 0.6 is 0 Å². The van der Waals surface area contributed by atoms with Gasteiger partial charge in [0.15, 0.2) is 5.76 Å². The van der Waals surface area contributed by atoms with Crippen molar-refractivity contribution >= 4 is 22.7 Å². The SMILES string of the molecule is Cc1cc(NC(=O)c2oc3ccccc3c2COc2ccccc2)n(CCC#N)n1. The van der Waals surface area contributed by atoms with Crippen LogP contribution in [0.1, 0.15) is 28.2 Å². The highest BCUT2D eigenvalue weighted by atomic mass is 16.5. The second-order valence-corrected chi connectivity index (χ2v) is 6.76. The van der Waals surface area contributed by atoms with Gasteiger partial charge in [0.1, 0.15) is 23.8 Å². The van der Waals surface area contributed by atoms with Crippen LogP contribution in [0.2, 0.25) is 0 Å².